The molecule has 26 heavy (non-hydrogen) atoms. The Kier molecular flexibility index (Phi) is 4.32. The van der Waals surface area contributed by atoms with Crippen LogP contribution in [0.15, 0.2) is 23.0 Å². The van der Waals surface area contributed by atoms with Crippen LogP contribution in [0.5, 0.6) is 11.5 Å². The predicted octanol–water partition coefficient (Wildman–Crippen LogP) is -0.182. The van der Waals surface area contributed by atoms with Gasteiger partial charge in [-0.1, -0.05) is 0 Å². The summed E-state index contributed by atoms with van der Waals surface area (Å²) in [5.41, 5.74) is 2.93. The highest BCUT2D eigenvalue weighted by Gasteiger charge is 2.24. The minimum atomic E-state index is -0.177. The number of hydrogen-bond acceptors (Lipinski definition) is 5. The van der Waals surface area contributed by atoms with Gasteiger partial charge in [-0.05, 0) is 24.1 Å². The van der Waals surface area contributed by atoms with Crippen molar-refractivity contribution in [3.05, 3.63) is 34.2 Å². The zero-order valence-corrected chi connectivity index (χ0v) is 15.5. The quantitative estimate of drug-likeness (QED) is 0.826. The highest BCUT2D eigenvalue weighted by atomic mass is 16.5. The molecule has 1 fully saturated rings. The summed E-state index contributed by atoms with van der Waals surface area (Å²) in [5.74, 6) is 2.17. The molecule has 4 rings (SSSR count). The maximum Gasteiger partial charge on any atom is 0.350 e. The molecule has 0 spiro atoms. The summed E-state index contributed by atoms with van der Waals surface area (Å²) in [4.78, 5) is 20.7. The first-order chi connectivity index (χ1) is 12.6. The fourth-order valence-electron chi connectivity index (χ4n) is 3.81. The van der Waals surface area contributed by atoms with Gasteiger partial charge in [0.2, 0.25) is 0 Å². The van der Waals surface area contributed by atoms with E-state index >= 15 is 0 Å². The molecule has 2 aliphatic heterocycles. The standard InChI is InChI=1S/C19H24N4O3/c1-21-6-8-22(9-7-21)18-12-15-14-11-17(26-3)16(25-2)10-13(14)4-5-23(15)19(24)20-18/h10-12H,4-9H2,1-3H3/p+1. The number of benzene rings is 1. The van der Waals surface area contributed by atoms with Gasteiger partial charge >= 0.3 is 5.69 Å². The number of fused-ring (bicyclic) bond motifs is 3. The molecular formula is C19H25N4O3+. The predicted molar refractivity (Wildman–Crippen MR) is 99.6 cm³/mol. The Morgan fingerprint density at radius 3 is 2.42 bits per heavy atom. The second-order valence-electron chi connectivity index (χ2n) is 6.99. The second kappa shape index (κ2) is 6.64. The van der Waals surface area contributed by atoms with Gasteiger partial charge in [0.15, 0.2) is 11.5 Å². The van der Waals surface area contributed by atoms with Crippen molar-refractivity contribution in [1.82, 2.24) is 9.55 Å². The number of nitrogens with one attached hydrogen (secondary N) is 1. The SMILES string of the molecule is COc1cc2c(cc1OC)-c1cc(N3CC[NH+](C)CC3)nc(=O)n1CC2. The van der Waals surface area contributed by atoms with Crippen molar-refractivity contribution in [2.24, 2.45) is 0 Å². The Balaban J connectivity index is 1.81. The number of nitrogens with zero attached hydrogens (tertiary/aromatic N) is 3. The smallest absolute Gasteiger partial charge is 0.350 e. The first-order valence-electron chi connectivity index (χ1n) is 9.04. The van der Waals surface area contributed by atoms with Gasteiger partial charge in [0.05, 0.1) is 53.1 Å². The van der Waals surface area contributed by atoms with Crippen LogP contribution < -0.4 is 25.0 Å². The van der Waals surface area contributed by atoms with Gasteiger partial charge in [0, 0.05) is 18.2 Å². The molecule has 0 atom stereocenters. The summed E-state index contributed by atoms with van der Waals surface area (Å²) in [7, 11) is 5.47. The molecule has 0 amide bonds. The van der Waals surface area contributed by atoms with E-state index in [0.29, 0.717) is 12.3 Å². The molecule has 0 radical (unpaired) electrons. The Morgan fingerprint density at radius 2 is 1.73 bits per heavy atom. The number of rotatable bonds is 3. The van der Waals surface area contributed by atoms with E-state index < -0.39 is 0 Å². The summed E-state index contributed by atoms with van der Waals surface area (Å²) in [6.45, 7) is 4.58. The lowest BCUT2D eigenvalue weighted by molar-refractivity contribution is -0.880. The topological polar surface area (TPSA) is 61.0 Å². The van der Waals surface area contributed by atoms with Crippen LogP contribution in [0.1, 0.15) is 5.56 Å². The summed E-state index contributed by atoms with van der Waals surface area (Å²) < 4.78 is 12.7. The molecule has 138 valence electrons. The van der Waals surface area contributed by atoms with Gasteiger partial charge in [-0.25, -0.2) is 4.79 Å². The summed E-state index contributed by atoms with van der Waals surface area (Å²) in [5, 5.41) is 0. The van der Waals surface area contributed by atoms with Gasteiger partial charge in [0.25, 0.3) is 0 Å². The summed E-state index contributed by atoms with van der Waals surface area (Å²) in [6.07, 6.45) is 0.779. The lowest BCUT2D eigenvalue weighted by Crippen LogP contribution is -3.12. The molecule has 2 aliphatic rings. The minimum Gasteiger partial charge on any atom is -0.493 e. The number of methoxy groups -OCH3 is 2. The lowest BCUT2D eigenvalue weighted by atomic mass is 9.96. The Morgan fingerprint density at radius 1 is 1.04 bits per heavy atom. The van der Waals surface area contributed by atoms with Crippen LogP contribution in [0.25, 0.3) is 11.3 Å². The number of ether oxygens (including phenoxy) is 2. The monoisotopic (exact) mass is 357 g/mol. The molecule has 7 nitrogen and oxygen atoms in total. The Hall–Kier alpha value is -2.54. The van der Waals surface area contributed by atoms with Crippen molar-refractivity contribution in [2.45, 2.75) is 13.0 Å². The number of piperazine rings is 1. The molecule has 1 saturated heterocycles. The van der Waals surface area contributed by atoms with E-state index in [1.54, 1.807) is 18.8 Å². The third kappa shape index (κ3) is 2.82. The van der Waals surface area contributed by atoms with Crippen molar-refractivity contribution in [1.29, 1.82) is 0 Å². The third-order valence-corrected chi connectivity index (χ3v) is 5.43. The average molecular weight is 357 g/mol. The molecule has 0 unspecified atom stereocenters. The van der Waals surface area contributed by atoms with Crippen LogP contribution in [-0.2, 0) is 13.0 Å². The largest absolute Gasteiger partial charge is 0.493 e. The van der Waals surface area contributed by atoms with E-state index in [4.69, 9.17) is 9.47 Å². The van der Waals surface area contributed by atoms with Crippen molar-refractivity contribution in [3.63, 3.8) is 0 Å². The van der Waals surface area contributed by atoms with E-state index in [1.165, 1.54) is 10.5 Å². The Labute approximate surface area is 152 Å². The van der Waals surface area contributed by atoms with Gasteiger partial charge in [-0.15, -0.1) is 0 Å². The maximum absolute atomic E-state index is 12.6. The van der Waals surface area contributed by atoms with E-state index in [1.807, 2.05) is 18.2 Å². The summed E-state index contributed by atoms with van der Waals surface area (Å²) >= 11 is 0. The van der Waals surface area contributed by atoms with Crippen LogP contribution >= 0.6 is 0 Å². The molecule has 7 heteroatoms. The zero-order valence-electron chi connectivity index (χ0n) is 15.5. The number of likely N-dealkylation sites (N-methyl/N-ethyl adjacent to an activating group) is 1. The summed E-state index contributed by atoms with van der Waals surface area (Å²) in [6, 6.07) is 6.03. The molecule has 0 bridgehead atoms. The van der Waals surface area contributed by atoms with Crippen molar-refractivity contribution >= 4 is 5.82 Å². The third-order valence-electron chi connectivity index (χ3n) is 5.43. The number of quaternary nitrogens is 1. The highest BCUT2D eigenvalue weighted by Crippen LogP contribution is 2.38. The Bertz CT molecular complexity index is 885. The van der Waals surface area contributed by atoms with Gasteiger partial charge in [0.1, 0.15) is 5.82 Å². The highest BCUT2D eigenvalue weighted by molar-refractivity contribution is 5.72. The maximum atomic E-state index is 12.6. The molecular weight excluding hydrogens is 332 g/mol. The zero-order chi connectivity index (χ0) is 18.3. The van der Waals surface area contributed by atoms with Crippen molar-refractivity contribution in [3.8, 4) is 22.8 Å². The normalized spacial score (nSPS) is 16.8. The van der Waals surface area contributed by atoms with E-state index in [9.17, 15) is 4.79 Å². The fourth-order valence-corrected chi connectivity index (χ4v) is 3.81. The number of hydrogen-bond donors (Lipinski definition) is 1. The van der Waals surface area contributed by atoms with Crippen molar-refractivity contribution < 1.29 is 14.4 Å². The fraction of sp³-hybridized carbons (Fsp3) is 0.474. The molecule has 3 heterocycles. The first-order valence-corrected chi connectivity index (χ1v) is 9.04. The number of aryl methyl sites for hydroxylation is 1. The molecule has 1 N–H and O–H groups in total. The van der Waals surface area contributed by atoms with Gasteiger partial charge < -0.3 is 19.3 Å². The van der Waals surface area contributed by atoms with E-state index in [0.717, 1.165) is 55.4 Å². The second-order valence-corrected chi connectivity index (χ2v) is 6.99. The van der Waals surface area contributed by atoms with Gasteiger partial charge in [-0.3, -0.25) is 4.57 Å². The van der Waals surface area contributed by atoms with Crippen LogP contribution in [0, 0.1) is 0 Å². The van der Waals surface area contributed by atoms with Gasteiger partial charge in [-0.2, -0.15) is 4.98 Å². The molecule has 2 aromatic rings. The van der Waals surface area contributed by atoms with Crippen LogP contribution in [0.3, 0.4) is 0 Å². The van der Waals surface area contributed by atoms with Crippen LogP contribution in [0.4, 0.5) is 5.82 Å². The lowest BCUT2D eigenvalue weighted by Gasteiger charge is -2.32. The van der Waals surface area contributed by atoms with E-state index in [2.05, 4.69) is 16.9 Å². The van der Waals surface area contributed by atoms with E-state index in [-0.39, 0.29) is 5.69 Å². The molecule has 1 aromatic carbocycles. The molecule has 1 aromatic heterocycles. The number of aromatic nitrogens is 2. The van der Waals surface area contributed by atoms with Crippen LogP contribution in [-0.4, -0.2) is 57.0 Å². The number of anilines is 1. The minimum absolute atomic E-state index is 0.177. The first kappa shape index (κ1) is 16.9. The van der Waals surface area contributed by atoms with Crippen molar-refractivity contribution in [2.75, 3.05) is 52.3 Å². The average Bonchev–Trinajstić information content (AvgIpc) is 2.67. The van der Waals surface area contributed by atoms with Crippen LogP contribution in [0.2, 0.25) is 0 Å². The molecule has 0 saturated carbocycles. The molecule has 0 aliphatic carbocycles.